The first-order valence-corrected chi connectivity index (χ1v) is 10.4. The van der Waals surface area contributed by atoms with Crippen molar-refractivity contribution in [1.82, 2.24) is 14.9 Å². The fourth-order valence-corrected chi connectivity index (χ4v) is 3.34. The summed E-state index contributed by atoms with van der Waals surface area (Å²) in [6.45, 7) is 14.6. The van der Waals surface area contributed by atoms with E-state index in [2.05, 4.69) is 55.1 Å². The monoisotopic (exact) mass is 365 g/mol. The number of nitrogens with one attached hydrogen (secondary N) is 1. The molecule has 0 saturated carbocycles. The molecule has 140 valence electrons. The first-order chi connectivity index (χ1) is 11.9. The van der Waals surface area contributed by atoms with Crippen molar-refractivity contribution in [2.75, 3.05) is 55.9 Å². The molecule has 3 heterocycles. The second-order valence-corrected chi connectivity index (χ2v) is 9.08. The van der Waals surface area contributed by atoms with Gasteiger partial charge >= 0.3 is 0 Å². The smallest absolute Gasteiger partial charge is 0.227 e. The van der Waals surface area contributed by atoms with Crippen molar-refractivity contribution >= 4 is 23.5 Å². The minimum atomic E-state index is -0.0377. The third-order valence-corrected chi connectivity index (χ3v) is 6.39. The molecule has 3 rings (SSSR count). The van der Waals surface area contributed by atoms with Gasteiger partial charge in [-0.2, -0.15) is 16.7 Å². The van der Waals surface area contributed by atoms with Crippen LogP contribution in [0.25, 0.3) is 0 Å². The topological polar surface area (TPSA) is 53.5 Å². The largest absolute Gasteiger partial charge is 0.377 e. The van der Waals surface area contributed by atoms with E-state index in [1.165, 1.54) is 0 Å². The van der Waals surface area contributed by atoms with Crippen LogP contribution in [0.1, 0.15) is 33.4 Å². The summed E-state index contributed by atoms with van der Waals surface area (Å²) in [4.78, 5) is 14.6. The molecule has 0 spiro atoms. The number of hydrogen-bond donors (Lipinski definition) is 1. The molecule has 1 N–H and O–H groups in total. The second kappa shape index (κ2) is 7.68. The maximum absolute atomic E-state index is 5.28. The zero-order chi connectivity index (χ0) is 18.0. The van der Waals surface area contributed by atoms with Gasteiger partial charge in [0.05, 0.1) is 29.7 Å². The molecule has 2 saturated heterocycles. The van der Waals surface area contributed by atoms with Crippen LogP contribution in [0.2, 0.25) is 0 Å². The molecule has 0 aromatic carbocycles. The van der Waals surface area contributed by atoms with Gasteiger partial charge in [-0.1, -0.05) is 0 Å². The number of hydrogen-bond acceptors (Lipinski definition) is 7. The second-order valence-electron chi connectivity index (χ2n) is 7.65. The molecule has 1 aromatic rings. The molecular weight excluding hydrogens is 334 g/mol. The van der Waals surface area contributed by atoms with Gasteiger partial charge in [-0.05, 0) is 34.0 Å². The van der Waals surface area contributed by atoms with Crippen LogP contribution in [0.15, 0.2) is 6.07 Å². The Kier molecular flexibility index (Phi) is 5.75. The number of anilines is 2. The Bertz CT molecular complexity index is 583. The Labute approximate surface area is 155 Å². The minimum Gasteiger partial charge on any atom is -0.377 e. The molecular formula is C18H31N5OS. The lowest BCUT2D eigenvalue weighted by Gasteiger charge is -2.37. The van der Waals surface area contributed by atoms with E-state index in [-0.39, 0.29) is 4.75 Å². The maximum Gasteiger partial charge on any atom is 0.227 e. The molecule has 0 atom stereocenters. The van der Waals surface area contributed by atoms with Crippen molar-refractivity contribution < 1.29 is 4.74 Å². The average molecular weight is 366 g/mol. The molecule has 7 heteroatoms. The van der Waals surface area contributed by atoms with E-state index < -0.39 is 0 Å². The van der Waals surface area contributed by atoms with Crippen molar-refractivity contribution in [1.29, 1.82) is 0 Å². The number of aromatic nitrogens is 2. The minimum absolute atomic E-state index is 0.0377. The van der Waals surface area contributed by atoms with Crippen LogP contribution in [0.5, 0.6) is 0 Å². The van der Waals surface area contributed by atoms with Crippen LogP contribution in [0.4, 0.5) is 11.8 Å². The van der Waals surface area contributed by atoms with Crippen molar-refractivity contribution in [2.24, 2.45) is 0 Å². The number of piperazine rings is 1. The zero-order valence-electron chi connectivity index (χ0n) is 16.1. The Morgan fingerprint density at radius 3 is 2.40 bits per heavy atom. The molecule has 0 radical (unpaired) electrons. The van der Waals surface area contributed by atoms with E-state index in [0.29, 0.717) is 12.1 Å². The van der Waals surface area contributed by atoms with E-state index in [0.717, 1.165) is 56.9 Å². The van der Waals surface area contributed by atoms with Crippen LogP contribution in [-0.4, -0.2) is 72.6 Å². The summed E-state index contributed by atoms with van der Waals surface area (Å²) in [5.74, 6) is 1.77. The van der Waals surface area contributed by atoms with Crippen LogP contribution in [0, 0.1) is 0 Å². The van der Waals surface area contributed by atoms with Gasteiger partial charge < -0.3 is 15.0 Å². The molecule has 2 fully saturated rings. The van der Waals surface area contributed by atoms with Crippen molar-refractivity contribution in [3.05, 3.63) is 11.8 Å². The summed E-state index contributed by atoms with van der Waals surface area (Å²) in [6.07, 6.45) is 2.13. The number of thioether (sulfide) groups is 1. The van der Waals surface area contributed by atoms with Crippen molar-refractivity contribution in [3.63, 3.8) is 0 Å². The maximum atomic E-state index is 5.28. The number of rotatable bonds is 6. The number of nitrogens with zero attached hydrogens (tertiary/aromatic N) is 4. The van der Waals surface area contributed by atoms with Gasteiger partial charge in [0.2, 0.25) is 5.95 Å². The first kappa shape index (κ1) is 18.7. The van der Waals surface area contributed by atoms with Crippen molar-refractivity contribution in [2.45, 2.75) is 44.5 Å². The van der Waals surface area contributed by atoms with Crippen LogP contribution in [-0.2, 0) is 9.48 Å². The van der Waals surface area contributed by atoms with Crippen LogP contribution < -0.4 is 10.2 Å². The van der Waals surface area contributed by atoms with Gasteiger partial charge in [0.15, 0.2) is 0 Å². The van der Waals surface area contributed by atoms with Gasteiger partial charge in [0, 0.05) is 38.3 Å². The molecule has 1 aromatic heterocycles. The summed E-state index contributed by atoms with van der Waals surface area (Å²) < 4.78 is 5.24. The van der Waals surface area contributed by atoms with Crippen molar-refractivity contribution in [3.8, 4) is 0 Å². The number of ether oxygens (including phenoxy) is 1. The van der Waals surface area contributed by atoms with Gasteiger partial charge in [-0.25, -0.2) is 4.98 Å². The SMILES string of the molecule is CSC(C)(C)c1cc(NC2COC2)nc(N2CCN(C(C)C)CC2)n1. The zero-order valence-corrected chi connectivity index (χ0v) is 16.9. The summed E-state index contributed by atoms with van der Waals surface area (Å²) in [6, 6.07) is 3.06. The molecule has 0 aliphatic carbocycles. The summed E-state index contributed by atoms with van der Waals surface area (Å²) in [5, 5.41) is 3.50. The summed E-state index contributed by atoms with van der Waals surface area (Å²) >= 11 is 1.82. The lowest BCUT2D eigenvalue weighted by molar-refractivity contribution is 0.0209. The molecule has 25 heavy (non-hydrogen) atoms. The highest BCUT2D eigenvalue weighted by atomic mass is 32.2. The van der Waals surface area contributed by atoms with Gasteiger partial charge in [0.1, 0.15) is 5.82 Å². The molecule has 0 bridgehead atoms. The van der Waals surface area contributed by atoms with E-state index in [4.69, 9.17) is 14.7 Å². The normalized spacial score (nSPS) is 20.0. The lowest BCUT2D eigenvalue weighted by atomic mass is 10.1. The Balaban J connectivity index is 1.81. The van der Waals surface area contributed by atoms with Crippen LogP contribution >= 0.6 is 11.8 Å². The Hall–Kier alpha value is -1.05. The van der Waals surface area contributed by atoms with E-state index in [9.17, 15) is 0 Å². The molecule has 0 amide bonds. The molecule has 0 unspecified atom stereocenters. The highest BCUT2D eigenvalue weighted by Gasteiger charge is 2.27. The average Bonchev–Trinajstić information content (AvgIpc) is 2.58. The predicted octanol–water partition coefficient (Wildman–Crippen LogP) is 2.42. The standard InChI is InChI=1S/C18H31N5OS/c1-13(2)22-6-8-23(9-7-22)17-20-15(18(3,4)25-5)10-16(21-17)19-14-11-24-12-14/h10,13-14H,6-9,11-12H2,1-5H3,(H,19,20,21). The van der Waals surface area contributed by atoms with Gasteiger partial charge in [-0.15, -0.1) is 0 Å². The van der Waals surface area contributed by atoms with E-state index in [1.54, 1.807) is 0 Å². The third kappa shape index (κ3) is 4.38. The highest BCUT2D eigenvalue weighted by Crippen LogP contribution is 2.34. The third-order valence-electron chi connectivity index (χ3n) is 5.16. The molecule has 2 aliphatic rings. The Morgan fingerprint density at radius 2 is 1.88 bits per heavy atom. The summed E-state index contributed by atoms with van der Waals surface area (Å²) in [7, 11) is 0. The van der Waals surface area contributed by atoms with Gasteiger partial charge in [0.25, 0.3) is 0 Å². The van der Waals surface area contributed by atoms with E-state index >= 15 is 0 Å². The van der Waals surface area contributed by atoms with Crippen LogP contribution in [0.3, 0.4) is 0 Å². The predicted molar refractivity (Wildman–Crippen MR) is 106 cm³/mol. The van der Waals surface area contributed by atoms with Gasteiger partial charge in [-0.3, -0.25) is 4.90 Å². The Morgan fingerprint density at radius 1 is 1.20 bits per heavy atom. The highest BCUT2D eigenvalue weighted by molar-refractivity contribution is 7.99. The lowest BCUT2D eigenvalue weighted by Crippen LogP contribution is -2.49. The van der Waals surface area contributed by atoms with E-state index in [1.807, 2.05) is 11.8 Å². The fraction of sp³-hybridized carbons (Fsp3) is 0.778. The first-order valence-electron chi connectivity index (χ1n) is 9.17. The molecule has 6 nitrogen and oxygen atoms in total. The fourth-order valence-electron chi connectivity index (χ4n) is 3.03. The summed E-state index contributed by atoms with van der Waals surface area (Å²) in [5.41, 5.74) is 1.08. The quantitative estimate of drug-likeness (QED) is 0.831. The molecule has 2 aliphatic heterocycles.